The Morgan fingerprint density at radius 3 is 2.58 bits per heavy atom. The maximum atomic E-state index is 12.1. The molecule has 0 bridgehead atoms. The Morgan fingerprint density at radius 1 is 1.23 bits per heavy atom. The van der Waals surface area contributed by atoms with E-state index in [-0.39, 0.29) is 11.7 Å². The van der Waals surface area contributed by atoms with Gasteiger partial charge in [-0.3, -0.25) is 4.79 Å². The number of aromatic hydroxyl groups is 1. The van der Waals surface area contributed by atoms with Crippen LogP contribution in [-0.2, 0) is 0 Å². The molecule has 0 spiro atoms. The van der Waals surface area contributed by atoms with Crippen molar-refractivity contribution in [2.75, 3.05) is 13.7 Å². The quantitative estimate of drug-likeness (QED) is 0.559. The predicted octanol–water partition coefficient (Wildman–Crippen LogP) is 3.59. The molecule has 0 aliphatic carbocycles. The van der Waals surface area contributed by atoms with Crippen molar-refractivity contribution in [3.05, 3.63) is 53.6 Å². The first-order chi connectivity index (χ1) is 12.5. The van der Waals surface area contributed by atoms with Gasteiger partial charge in [-0.1, -0.05) is 13.8 Å². The Hall–Kier alpha value is -3.02. The number of methoxy groups -OCH3 is 1. The summed E-state index contributed by atoms with van der Waals surface area (Å²) in [4.78, 5) is 12.1. The standard InChI is InChI=1S/C20H24N2O4/c1-14(2)10-11-26-17-7-5-16(6-8-17)20(24)22-21-13-15-4-9-19(25-3)18(23)12-15/h4-9,12-14,23H,10-11H2,1-3H3,(H,22,24). The van der Waals surface area contributed by atoms with Gasteiger partial charge < -0.3 is 14.6 Å². The van der Waals surface area contributed by atoms with Gasteiger partial charge in [0.2, 0.25) is 0 Å². The SMILES string of the molecule is COc1ccc(C=NNC(=O)c2ccc(OCCC(C)C)cc2)cc1O. The van der Waals surface area contributed by atoms with Gasteiger partial charge in [-0.05, 0) is 60.4 Å². The Balaban J connectivity index is 1.88. The van der Waals surface area contributed by atoms with E-state index >= 15 is 0 Å². The molecule has 2 N–H and O–H groups in total. The number of rotatable bonds is 8. The van der Waals surface area contributed by atoms with Gasteiger partial charge in [-0.2, -0.15) is 5.10 Å². The van der Waals surface area contributed by atoms with E-state index < -0.39 is 0 Å². The number of carbonyl (C=O) groups excluding carboxylic acids is 1. The highest BCUT2D eigenvalue weighted by atomic mass is 16.5. The minimum Gasteiger partial charge on any atom is -0.504 e. The molecule has 0 unspecified atom stereocenters. The molecular weight excluding hydrogens is 332 g/mol. The van der Waals surface area contributed by atoms with Gasteiger partial charge in [0.05, 0.1) is 19.9 Å². The average Bonchev–Trinajstić information content (AvgIpc) is 2.62. The lowest BCUT2D eigenvalue weighted by molar-refractivity contribution is 0.0955. The van der Waals surface area contributed by atoms with Crippen LogP contribution in [0.15, 0.2) is 47.6 Å². The third kappa shape index (κ3) is 5.81. The first-order valence-corrected chi connectivity index (χ1v) is 8.43. The lowest BCUT2D eigenvalue weighted by atomic mass is 10.1. The zero-order valence-corrected chi connectivity index (χ0v) is 15.2. The Labute approximate surface area is 153 Å². The third-order valence-electron chi connectivity index (χ3n) is 3.66. The molecule has 0 heterocycles. The summed E-state index contributed by atoms with van der Waals surface area (Å²) in [5.41, 5.74) is 3.57. The number of nitrogens with one attached hydrogen (secondary N) is 1. The van der Waals surface area contributed by atoms with Gasteiger partial charge in [0, 0.05) is 5.56 Å². The molecule has 26 heavy (non-hydrogen) atoms. The number of hydrazone groups is 1. The number of phenolic OH excluding ortho intramolecular Hbond substituents is 1. The molecule has 0 aliphatic rings. The first kappa shape index (κ1) is 19.3. The van der Waals surface area contributed by atoms with Crippen molar-refractivity contribution in [2.45, 2.75) is 20.3 Å². The number of carbonyl (C=O) groups is 1. The molecule has 0 saturated heterocycles. The molecular formula is C20H24N2O4. The Morgan fingerprint density at radius 2 is 1.96 bits per heavy atom. The second-order valence-electron chi connectivity index (χ2n) is 6.19. The number of hydrogen-bond donors (Lipinski definition) is 2. The summed E-state index contributed by atoms with van der Waals surface area (Å²) in [7, 11) is 1.48. The van der Waals surface area contributed by atoms with Crippen molar-refractivity contribution in [1.29, 1.82) is 0 Å². The van der Waals surface area contributed by atoms with E-state index in [0.717, 1.165) is 12.2 Å². The van der Waals surface area contributed by atoms with Crippen LogP contribution in [-0.4, -0.2) is 30.9 Å². The van der Waals surface area contributed by atoms with Gasteiger partial charge in [0.15, 0.2) is 11.5 Å². The fourth-order valence-electron chi connectivity index (χ4n) is 2.13. The lowest BCUT2D eigenvalue weighted by Gasteiger charge is -2.08. The summed E-state index contributed by atoms with van der Waals surface area (Å²) in [5, 5.41) is 13.6. The lowest BCUT2D eigenvalue weighted by Crippen LogP contribution is -2.17. The van der Waals surface area contributed by atoms with Crippen LogP contribution in [0.2, 0.25) is 0 Å². The van der Waals surface area contributed by atoms with Crippen LogP contribution in [0.4, 0.5) is 0 Å². The van der Waals surface area contributed by atoms with Gasteiger partial charge in [0.25, 0.3) is 5.91 Å². The number of ether oxygens (including phenoxy) is 2. The fraction of sp³-hybridized carbons (Fsp3) is 0.300. The van der Waals surface area contributed by atoms with Crippen molar-refractivity contribution in [3.8, 4) is 17.2 Å². The van der Waals surface area contributed by atoms with E-state index in [2.05, 4.69) is 24.4 Å². The summed E-state index contributed by atoms with van der Waals surface area (Å²) >= 11 is 0. The number of phenols is 1. The van der Waals surface area contributed by atoms with Crippen LogP contribution in [0.5, 0.6) is 17.2 Å². The highest BCUT2D eigenvalue weighted by Gasteiger charge is 2.05. The van der Waals surface area contributed by atoms with Crippen LogP contribution < -0.4 is 14.9 Å². The van der Waals surface area contributed by atoms with Gasteiger partial charge in [-0.25, -0.2) is 5.43 Å². The summed E-state index contributed by atoms with van der Waals surface area (Å²) in [5.74, 6) is 1.38. The summed E-state index contributed by atoms with van der Waals surface area (Å²) in [6.45, 7) is 4.94. The molecule has 0 radical (unpaired) electrons. The second kappa shape index (κ2) is 9.46. The maximum Gasteiger partial charge on any atom is 0.271 e. The van der Waals surface area contributed by atoms with E-state index in [4.69, 9.17) is 9.47 Å². The van der Waals surface area contributed by atoms with Crippen LogP contribution >= 0.6 is 0 Å². The maximum absolute atomic E-state index is 12.1. The molecule has 6 heteroatoms. The van der Waals surface area contributed by atoms with Crippen molar-refractivity contribution in [1.82, 2.24) is 5.43 Å². The van der Waals surface area contributed by atoms with Gasteiger partial charge in [0.1, 0.15) is 5.75 Å². The van der Waals surface area contributed by atoms with E-state index in [1.54, 1.807) is 36.4 Å². The molecule has 2 aromatic carbocycles. The van der Waals surface area contributed by atoms with Crippen LogP contribution in [0, 0.1) is 5.92 Å². The highest BCUT2D eigenvalue weighted by molar-refractivity contribution is 5.95. The van der Waals surface area contributed by atoms with Crippen LogP contribution in [0.25, 0.3) is 0 Å². The van der Waals surface area contributed by atoms with Gasteiger partial charge >= 0.3 is 0 Å². The smallest absolute Gasteiger partial charge is 0.271 e. The van der Waals surface area contributed by atoms with Crippen LogP contribution in [0.3, 0.4) is 0 Å². The van der Waals surface area contributed by atoms with E-state index in [1.165, 1.54) is 19.4 Å². The number of hydrogen-bond acceptors (Lipinski definition) is 5. The minimum atomic E-state index is -0.326. The van der Waals surface area contributed by atoms with Crippen molar-refractivity contribution >= 4 is 12.1 Å². The number of benzene rings is 2. The van der Waals surface area contributed by atoms with E-state index in [0.29, 0.717) is 29.4 Å². The molecule has 138 valence electrons. The van der Waals surface area contributed by atoms with Crippen molar-refractivity contribution < 1.29 is 19.4 Å². The predicted molar refractivity (Wildman–Crippen MR) is 101 cm³/mol. The first-order valence-electron chi connectivity index (χ1n) is 8.43. The fourth-order valence-corrected chi connectivity index (χ4v) is 2.13. The van der Waals surface area contributed by atoms with E-state index in [9.17, 15) is 9.90 Å². The monoisotopic (exact) mass is 356 g/mol. The molecule has 6 nitrogen and oxygen atoms in total. The molecule has 2 rings (SSSR count). The molecule has 0 aromatic heterocycles. The molecule has 0 atom stereocenters. The zero-order chi connectivity index (χ0) is 18.9. The molecule has 0 fully saturated rings. The van der Waals surface area contributed by atoms with Crippen LogP contribution in [0.1, 0.15) is 36.2 Å². The minimum absolute atomic E-state index is 0.0100. The average molecular weight is 356 g/mol. The van der Waals surface area contributed by atoms with Crippen molar-refractivity contribution in [3.63, 3.8) is 0 Å². The summed E-state index contributed by atoms with van der Waals surface area (Å²) < 4.78 is 10.6. The highest BCUT2D eigenvalue weighted by Crippen LogP contribution is 2.25. The Kier molecular flexibility index (Phi) is 7.02. The van der Waals surface area contributed by atoms with E-state index in [1.807, 2.05) is 0 Å². The van der Waals surface area contributed by atoms with Crippen molar-refractivity contribution in [2.24, 2.45) is 11.0 Å². The third-order valence-corrected chi connectivity index (χ3v) is 3.66. The molecule has 0 saturated carbocycles. The normalized spacial score (nSPS) is 10.9. The summed E-state index contributed by atoms with van der Waals surface area (Å²) in [6.07, 6.45) is 2.43. The largest absolute Gasteiger partial charge is 0.504 e. The summed E-state index contributed by atoms with van der Waals surface area (Å²) in [6, 6.07) is 11.7. The second-order valence-corrected chi connectivity index (χ2v) is 6.19. The van der Waals surface area contributed by atoms with Gasteiger partial charge in [-0.15, -0.1) is 0 Å². The topological polar surface area (TPSA) is 80.2 Å². The number of amides is 1. The molecule has 1 amide bonds. The number of nitrogens with zero attached hydrogens (tertiary/aromatic N) is 1. The zero-order valence-electron chi connectivity index (χ0n) is 15.2. The Bertz CT molecular complexity index is 755. The molecule has 0 aliphatic heterocycles. The molecule has 2 aromatic rings.